The first kappa shape index (κ1) is 15.5. The van der Waals surface area contributed by atoms with Crippen molar-refractivity contribution in [2.45, 2.75) is 32.8 Å². The van der Waals surface area contributed by atoms with Crippen LogP contribution in [-0.2, 0) is 16.0 Å². The highest BCUT2D eigenvalue weighted by atomic mass is 79.9. The molecule has 5 nitrogen and oxygen atoms in total. The van der Waals surface area contributed by atoms with Crippen LogP contribution in [0.4, 0.5) is 10.5 Å². The van der Waals surface area contributed by atoms with Crippen molar-refractivity contribution in [1.82, 2.24) is 0 Å². The maximum absolute atomic E-state index is 11.6. The lowest BCUT2D eigenvalue weighted by Gasteiger charge is -2.20. The van der Waals surface area contributed by atoms with Crippen molar-refractivity contribution in [3.63, 3.8) is 0 Å². The molecular formula is C13H16BrNO4. The minimum atomic E-state index is -0.903. The van der Waals surface area contributed by atoms with Gasteiger partial charge in [-0.25, -0.2) is 4.79 Å². The molecule has 0 bridgehead atoms. The molecule has 1 amide bonds. The summed E-state index contributed by atoms with van der Waals surface area (Å²) >= 11 is 3.28. The summed E-state index contributed by atoms with van der Waals surface area (Å²) in [7, 11) is 0. The first-order chi connectivity index (χ1) is 8.67. The Hall–Kier alpha value is -1.56. The second-order valence-electron chi connectivity index (χ2n) is 5.01. The minimum absolute atomic E-state index is 0.0642. The number of aliphatic carboxylic acids is 1. The quantitative estimate of drug-likeness (QED) is 0.890. The number of hydrogen-bond donors (Lipinski definition) is 2. The molecule has 1 rings (SSSR count). The van der Waals surface area contributed by atoms with Crippen molar-refractivity contribution >= 4 is 33.7 Å². The van der Waals surface area contributed by atoms with E-state index in [4.69, 9.17) is 9.84 Å². The molecule has 0 unspecified atom stereocenters. The number of hydrogen-bond acceptors (Lipinski definition) is 3. The first-order valence-electron chi connectivity index (χ1n) is 5.67. The van der Waals surface area contributed by atoms with E-state index in [-0.39, 0.29) is 6.42 Å². The molecule has 0 atom stereocenters. The molecule has 0 radical (unpaired) electrons. The van der Waals surface area contributed by atoms with Gasteiger partial charge in [-0.3, -0.25) is 10.1 Å². The standard InChI is InChI=1S/C13H16BrNO4/c1-13(2,3)19-12(18)15-10-5-4-8(6-9(10)14)7-11(16)17/h4-6H,7H2,1-3H3,(H,15,18)(H,16,17). The molecule has 0 saturated heterocycles. The van der Waals surface area contributed by atoms with Gasteiger partial charge in [0.15, 0.2) is 0 Å². The van der Waals surface area contributed by atoms with Crippen LogP contribution in [0.5, 0.6) is 0 Å². The van der Waals surface area contributed by atoms with Gasteiger partial charge in [-0.15, -0.1) is 0 Å². The molecule has 0 aliphatic rings. The predicted molar refractivity (Wildman–Crippen MR) is 75.3 cm³/mol. The molecule has 0 fully saturated rings. The van der Waals surface area contributed by atoms with E-state index in [0.717, 1.165) is 0 Å². The van der Waals surface area contributed by atoms with E-state index in [1.165, 1.54) is 0 Å². The highest BCUT2D eigenvalue weighted by Crippen LogP contribution is 2.24. The Balaban J connectivity index is 2.75. The summed E-state index contributed by atoms with van der Waals surface area (Å²) in [5.41, 5.74) is 0.609. The fourth-order valence-corrected chi connectivity index (χ4v) is 1.88. The topological polar surface area (TPSA) is 75.6 Å². The largest absolute Gasteiger partial charge is 0.481 e. The molecule has 2 N–H and O–H groups in total. The minimum Gasteiger partial charge on any atom is -0.481 e. The molecule has 6 heteroatoms. The van der Waals surface area contributed by atoms with Crippen molar-refractivity contribution in [2.75, 3.05) is 5.32 Å². The molecule has 0 heterocycles. The fourth-order valence-electron chi connectivity index (χ4n) is 1.36. The third kappa shape index (κ3) is 5.74. The Morgan fingerprint density at radius 2 is 2.00 bits per heavy atom. The van der Waals surface area contributed by atoms with Crippen LogP contribution in [-0.4, -0.2) is 22.8 Å². The smallest absolute Gasteiger partial charge is 0.412 e. The predicted octanol–water partition coefficient (Wildman–Crippen LogP) is 3.42. The number of amides is 1. The van der Waals surface area contributed by atoms with Crippen molar-refractivity contribution in [3.05, 3.63) is 28.2 Å². The van der Waals surface area contributed by atoms with E-state index < -0.39 is 17.7 Å². The van der Waals surface area contributed by atoms with Gasteiger partial charge in [-0.1, -0.05) is 6.07 Å². The summed E-state index contributed by atoms with van der Waals surface area (Å²) in [6.07, 6.45) is -0.620. The van der Waals surface area contributed by atoms with Gasteiger partial charge in [0.1, 0.15) is 5.60 Å². The Bertz CT molecular complexity index is 494. The number of carboxylic acids is 1. The summed E-state index contributed by atoms with van der Waals surface area (Å²) in [4.78, 5) is 22.2. The summed E-state index contributed by atoms with van der Waals surface area (Å²) in [5, 5.41) is 11.3. The van der Waals surface area contributed by atoms with Gasteiger partial charge >= 0.3 is 12.1 Å². The van der Waals surface area contributed by atoms with Gasteiger partial charge in [0, 0.05) is 4.47 Å². The number of benzene rings is 1. The van der Waals surface area contributed by atoms with Crippen molar-refractivity contribution < 1.29 is 19.4 Å². The van der Waals surface area contributed by atoms with Crippen LogP contribution in [0.1, 0.15) is 26.3 Å². The molecule has 1 aromatic rings. The number of anilines is 1. The SMILES string of the molecule is CC(C)(C)OC(=O)Nc1ccc(CC(=O)O)cc1Br. The molecule has 0 spiro atoms. The number of carboxylic acid groups (broad SMARTS) is 1. The van der Waals surface area contributed by atoms with E-state index in [0.29, 0.717) is 15.7 Å². The lowest BCUT2D eigenvalue weighted by molar-refractivity contribution is -0.136. The molecular weight excluding hydrogens is 314 g/mol. The molecule has 0 saturated carbocycles. The molecule has 0 aliphatic heterocycles. The maximum Gasteiger partial charge on any atom is 0.412 e. The average Bonchev–Trinajstić information content (AvgIpc) is 2.18. The molecule has 1 aromatic carbocycles. The van der Waals surface area contributed by atoms with E-state index in [1.54, 1.807) is 39.0 Å². The Morgan fingerprint density at radius 3 is 2.47 bits per heavy atom. The third-order valence-corrected chi connectivity index (χ3v) is 2.68. The van der Waals surface area contributed by atoms with E-state index in [2.05, 4.69) is 21.2 Å². The second-order valence-corrected chi connectivity index (χ2v) is 5.87. The zero-order valence-corrected chi connectivity index (χ0v) is 12.6. The zero-order valence-electron chi connectivity index (χ0n) is 11.0. The lowest BCUT2D eigenvalue weighted by Crippen LogP contribution is -2.27. The molecule has 19 heavy (non-hydrogen) atoms. The van der Waals surface area contributed by atoms with Crippen LogP contribution in [0.2, 0.25) is 0 Å². The second kappa shape index (κ2) is 6.06. The number of nitrogens with one attached hydrogen (secondary N) is 1. The van der Waals surface area contributed by atoms with Gasteiger partial charge in [-0.05, 0) is 54.4 Å². The fraction of sp³-hybridized carbons (Fsp3) is 0.385. The van der Waals surface area contributed by atoms with Crippen molar-refractivity contribution in [1.29, 1.82) is 0 Å². The van der Waals surface area contributed by atoms with Crippen molar-refractivity contribution in [3.8, 4) is 0 Å². The number of halogens is 1. The third-order valence-electron chi connectivity index (χ3n) is 2.02. The van der Waals surface area contributed by atoms with Crippen LogP contribution in [0, 0.1) is 0 Å². The van der Waals surface area contributed by atoms with E-state index in [1.807, 2.05) is 0 Å². The van der Waals surface area contributed by atoms with Gasteiger partial charge in [0.05, 0.1) is 12.1 Å². The zero-order chi connectivity index (χ0) is 14.6. The number of ether oxygens (including phenoxy) is 1. The monoisotopic (exact) mass is 329 g/mol. The van der Waals surface area contributed by atoms with Gasteiger partial charge in [-0.2, -0.15) is 0 Å². The van der Waals surface area contributed by atoms with Crippen LogP contribution in [0.25, 0.3) is 0 Å². The maximum atomic E-state index is 11.6. The van der Waals surface area contributed by atoms with Gasteiger partial charge in [0.25, 0.3) is 0 Å². The van der Waals surface area contributed by atoms with Crippen LogP contribution >= 0.6 is 15.9 Å². The molecule has 0 aromatic heterocycles. The van der Waals surface area contributed by atoms with Crippen LogP contribution in [0.3, 0.4) is 0 Å². The summed E-state index contributed by atoms with van der Waals surface area (Å²) < 4.78 is 5.73. The number of carbonyl (C=O) groups excluding carboxylic acids is 1. The Kier molecular flexibility index (Phi) is 4.94. The number of rotatable bonds is 3. The van der Waals surface area contributed by atoms with Crippen molar-refractivity contribution in [2.24, 2.45) is 0 Å². The summed E-state index contributed by atoms with van der Waals surface area (Å²) in [6.45, 7) is 5.33. The molecule has 104 valence electrons. The van der Waals surface area contributed by atoms with Crippen LogP contribution in [0.15, 0.2) is 22.7 Å². The molecule has 0 aliphatic carbocycles. The first-order valence-corrected chi connectivity index (χ1v) is 6.47. The van der Waals surface area contributed by atoms with E-state index in [9.17, 15) is 9.59 Å². The highest BCUT2D eigenvalue weighted by Gasteiger charge is 2.17. The normalized spacial score (nSPS) is 10.9. The summed E-state index contributed by atoms with van der Waals surface area (Å²) in [5.74, 6) is -0.903. The highest BCUT2D eigenvalue weighted by molar-refractivity contribution is 9.10. The van der Waals surface area contributed by atoms with Crippen LogP contribution < -0.4 is 5.32 Å². The van der Waals surface area contributed by atoms with Gasteiger partial charge < -0.3 is 9.84 Å². The Morgan fingerprint density at radius 1 is 1.37 bits per heavy atom. The Labute approximate surface area is 120 Å². The average molecular weight is 330 g/mol. The number of carbonyl (C=O) groups is 2. The van der Waals surface area contributed by atoms with E-state index >= 15 is 0 Å². The lowest BCUT2D eigenvalue weighted by atomic mass is 10.1. The van der Waals surface area contributed by atoms with Gasteiger partial charge in [0.2, 0.25) is 0 Å². The summed E-state index contributed by atoms with van der Waals surface area (Å²) in [6, 6.07) is 4.93.